The Bertz CT molecular complexity index is 1200. The maximum absolute atomic E-state index is 12.4. The lowest BCUT2D eigenvalue weighted by molar-refractivity contribution is -0.123. The zero-order chi connectivity index (χ0) is 44.9. The Kier molecular flexibility index (Phi) is 49.9. The molecule has 2 unspecified atom stereocenters. The molecule has 0 bridgehead atoms. The predicted octanol–water partition coefficient (Wildman–Crippen LogP) is 17.1. The van der Waals surface area contributed by atoms with Crippen LogP contribution in [0.5, 0.6) is 0 Å². The van der Waals surface area contributed by atoms with E-state index in [1.54, 1.807) is 0 Å². The second kappa shape index (κ2) is 52.4. The van der Waals surface area contributed by atoms with Gasteiger partial charge in [-0.1, -0.05) is 252 Å². The van der Waals surface area contributed by atoms with Crippen molar-refractivity contribution < 1.29 is 15.0 Å². The molecule has 0 saturated heterocycles. The van der Waals surface area contributed by atoms with Gasteiger partial charge in [0.15, 0.2) is 0 Å². The Morgan fingerprint density at radius 3 is 1.06 bits per heavy atom. The van der Waals surface area contributed by atoms with E-state index in [1.807, 2.05) is 0 Å². The molecule has 0 aliphatic heterocycles. The second-order valence-corrected chi connectivity index (χ2v) is 17.2. The number of hydrogen-bond donors (Lipinski definition) is 3. The van der Waals surface area contributed by atoms with Crippen LogP contribution in [0.2, 0.25) is 0 Å². The first-order valence-corrected chi connectivity index (χ1v) is 26.1. The first kappa shape index (κ1) is 59.0. The molecule has 0 radical (unpaired) electrons. The summed E-state index contributed by atoms with van der Waals surface area (Å²) in [5.41, 5.74) is 0. The maximum Gasteiger partial charge on any atom is 0.220 e. The van der Waals surface area contributed by atoms with Crippen LogP contribution in [0.15, 0.2) is 109 Å². The summed E-state index contributed by atoms with van der Waals surface area (Å²) in [7, 11) is 0. The molecule has 0 rings (SSSR count). The van der Waals surface area contributed by atoms with Crippen molar-refractivity contribution in [1.82, 2.24) is 5.32 Å². The summed E-state index contributed by atoms with van der Waals surface area (Å²) in [5.74, 6) is -0.0425. The number of aliphatic hydroxyl groups is 2. The van der Waals surface area contributed by atoms with Gasteiger partial charge in [-0.2, -0.15) is 0 Å². The minimum absolute atomic E-state index is 0.0425. The SMILES string of the molecule is CC/C=C\C/C=C\C/C=C\C/C=C\C/C=C\C/C=C\C/C=C\C/C=C\C/C=C\CCCCCCCCCCCC(=O)NC(CO)C(O)CCCCCCCCCCCCCCC. The first-order chi connectivity index (χ1) is 30.7. The quantitative estimate of drug-likeness (QED) is 0.0422. The predicted molar refractivity (Wildman–Crippen MR) is 276 cm³/mol. The maximum atomic E-state index is 12.4. The molecule has 0 saturated carbocycles. The van der Waals surface area contributed by atoms with Crippen LogP contribution < -0.4 is 5.32 Å². The highest BCUT2D eigenvalue weighted by Gasteiger charge is 2.20. The smallest absolute Gasteiger partial charge is 0.220 e. The van der Waals surface area contributed by atoms with E-state index in [0.29, 0.717) is 12.8 Å². The topological polar surface area (TPSA) is 69.6 Å². The Balaban J connectivity index is 3.59. The average Bonchev–Trinajstić information content (AvgIpc) is 3.28. The van der Waals surface area contributed by atoms with Crippen LogP contribution in [0.3, 0.4) is 0 Å². The minimum Gasteiger partial charge on any atom is -0.394 e. The van der Waals surface area contributed by atoms with Crippen LogP contribution in [-0.2, 0) is 4.79 Å². The molecule has 4 heteroatoms. The van der Waals surface area contributed by atoms with Crippen molar-refractivity contribution in [3.05, 3.63) is 109 Å². The zero-order valence-electron chi connectivity index (χ0n) is 40.6. The van der Waals surface area contributed by atoms with Crippen LogP contribution >= 0.6 is 0 Å². The molecule has 0 heterocycles. The van der Waals surface area contributed by atoms with E-state index in [4.69, 9.17) is 0 Å². The Labute approximate surface area is 385 Å². The summed E-state index contributed by atoms with van der Waals surface area (Å²) in [5, 5.41) is 23.2. The van der Waals surface area contributed by atoms with Crippen LogP contribution in [0.25, 0.3) is 0 Å². The van der Waals surface area contributed by atoms with Gasteiger partial charge in [-0.3, -0.25) is 4.79 Å². The molecule has 0 aromatic heterocycles. The standard InChI is InChI=1S/C58H99NO3/c1-3-5-7-9-11-13-15-17-18-19-20-21-22-23-24-25-26-27-28-29-30-31-32-33-34-35-36-37-38-39-40-42-44-46-48-50-52-54-58(62)59-56(55-60)57(61)53-51-49-47-45-43-41-16-14-12-10-8-6-4-2/h5,7,11,13,17-18,20-21,23-24,26-27,29-30,32-33,35-36,56-57,60-61H,3-4,6,8-10,12,14-16,19,22,25,28,31,34,37-55H2,1-2H3,(H,59,62)/b7-5-,13-11-,18-17-,21-20-,24-23-,27-26-,30-29-,33-32-,36-35-. The third-order valence-corrected chi connectivity index (χ3v) is 11.3. The van der Waals surface area contributed by atoms with Crippen molar-refractivity contribution in [2.45, 2.75) is 244 Å². The summed E-state index contributed by atoms with van der Waals surface area (Å²) in [6.45, 7) is 4.23. The number of nitrogens with one attached hydrogen (secondary N) is 1. The molecule has 4 nitrogen and oxygen atoms in total. The van der Waals surface area contributed by atoms with E-state index >= 15 is 0 Å². The molecule has 1 amide bonds. The number of allylic oxidation sites excluding steroid dienone is 18. The van der Waals surface area contributed by atoms with Crippen LogP contribution in [0, 0.1) is 0 Å². The molecule has 354 valence electrons. The highest BCUT2D eigenvalue weighted by atomic mass is 16.3. The highest BCUT2D eigenvalue weighted by molar-refractivity contribution is 5.76. The fourth-order valence-corrected chi connectivity index (χ4v) is 7.35. The average molecular weight is 858 g/mol. The van der Waals surface area contributed by atoms with Crippen molar-refractivity contribution in [2.75, 3.05) is 6.61 Å². The van der Waals surface area contributed by atoms with E-state index in [2.05, 4.69) is 129 Å². The number of amides is 1. The summed E-state index contributed by atoms with van der Waals surface area (Å²) < 4.78 is 0. The van der Waals surface area contributed by atoms with E-state index in [1.165, 1.54) is 122 Å². The van der Waals surface area contributed by atoms with Gasteiger partial charge in [0.2, 0.25) is 5.91 Å². The number of hydrogen-bond acceptors (Lipinski definition) is 3. The van der Waals surface area contributed by atoms with Gasteiger partial charge < -0.3 is 15.5 Å². The molecule has 0 aliphatic rings. The van der Waals surface area contributed by atoms with Gasteiger partial charge in [0.05, 0.1) is 18.8 Å². The third-order valence-electron chi connectivity index (χ3n) is 11.3. The first-order valence-electron chi connectivity index (χ1n) is 26.1. The van der Waals surface area contributed by atoms with Gasteiger partial charge in [0.1, 0.15) is 0 Å². The summed E-state index contributed by atoms with van der Waals surface area (Å²) in [4.78, 5) is 12.4. The van der Waals surface area contributed by atoms with Crippen molar-refractivity contribution in [3.8, 4) is 0 Å². The summed E-state index contributed by atoms with van der Waals surface area (Å²) in [6, 6.07) is -0.546. The molecule has 0 aliphatic carbocycles. The summed E-state index contributed by atoms with van der Waals surface area (Å²) >= 11 is 0. The van der Waals surface area contributed by atoms with E-state index in [9.17, 15) is 15.0 Å². The van der Waals surface area contributed by atoms with E-state index < -0.39 is 12.1 Å². The lowest BCUT2D eigenvalue weighted by Crippen LogP contribution is -2.45. The normalized spacial score (nSPS) is 13.8. The van der Waals surface area contributed by atoms with E-state index in [0.717, 1.165) is 83.5 Å². The van der Waals surface area contributed by atoms with Gasteiger partial charge in [-0.25, -0.2) is 0 Å². The largest absolute Gasteiger partial charge is 0.394 e. The number of carbonyl (C=O) groups excluding carboxylic acids is 1. The van der Waals surface area contributed by atoms with Gasteiger partial charge in [0.25, 0.3) is 0 Å². The van der Waals surface area contributed by atoms with E-state index in [-0.39, 0.29) is 12.5 Å². The molecule has 0 aromatic rings. The molecule has 2 atom stereocenters. The molecule has 0 aromatic carbocycles. The molecule has 0 fully saturated rings. The lowest BCUT2D eigenvalue weighted by Gasteiger charge is -2.22. The molecule has 62 heavy (non-hydrogen) atoms. The van der Waals surface area contributed by atoms with Gasteiger partial charge in [0, 0.05) is 6.42 Å². The molecular weight excluding hydrogens is 759 g/mol. The molecular formula is C58H99NO3. The minimum atomic E-state index is -0.668. The number of unbranched alkanes of at least 4 members (excludes halogenated alkanes) is 21. The van der Waals surface area contributed by atoms with Crippen molar-refractivity contribution >= 4 is 5.91 Å². The number of aliphatic hydroxyl groups excluding tert-OH is 2. The van der Waals surface area contributed by atoms with Crippen LogP contribution in [0.1, 0.15) is 232 Å². The van der Waals surface area contributed by atoms with Gasteiger partial charge >= 0.3 is 0 Å². The monoisotopic (exact) mass is 858 g/mol. The Morgan fingerprint density at radius 2 is 0.710 bits per heavy atom. The third kappa shape index (κ3) is 48.1. The summed E-state index contributed by atoms with van der Waals surface area (Å²) in [6.07, 6.45) is 79.0. The molecule has 0 spiro atoms. The lowest BCUT2D eigenvalue weighted by atomic mass is 10.0. The van der Waals surface area contributed by atoms with Gasteiger partial charge in [-0.15, -0.1) is 0 Å². The van der Waals surface area contributed by atoms with Crippen molar-refractivity contribution in [3.63, 3.8) is 0 Å². The zero-order valence-corrected chi connectivity index (χ0v) is 40.6. The van der Waals surface area contributed by atoms with Crippen LogP contribution in [-0.4, -0.2) is 34.9 Å². The van der Waals surface area contributed by atoms with Gasteiger partial charge in [-0.05, 0) is 83.5 Å². The number of carbonyl (C=O) groups is 1. The molecule has 3 N–H and O–H groups in total. The fraction of sp³-hybridized carbons (Fsp3) is 0.672. The van der Waals surface area contributed by atoms with Crippen molar-refractivity contribution in [2.24, 2.45) is 0 Å². The van der Waals surface area contributed by atoms with Crippen molar-refractivity contribution in [1.29, 1.82) is 0 Å². The Morgan fingerprint density at radius 1 is 0.403 bits per heavy atom. The Hall–Kier alpha value is -2.95. The highest BCUT2D eigenvalue weighted by Crippen LogP contribution is 2.15. The van der Waals surface area contributed by atoms with Crippen LogP contribution in [0.4, 0.5) is 0 Å². The fourth-order valence-electron chi connectivity index (χ4n) is 7.35. The number of rotatable bonds is 46. The second-order valence-electron chi connectivity index (χ2n) is 17.2.